The van der Waals surface area contributed by atoms with Crippen LogP contribution in [0.4, 0.5) is 11.4 Å². The summed E-state index contributed by atoms with van der Waals surface area (Å²) in [5.74, 6) is 0. The molecule has 5 nitrogen and oxygen atoms in total. The second-order valence-corrected chi connectivity index (χ2v) is 5.87. The number of ether oxygens (including phenoxy) is 1. The average molecular weight is 294 g/mol. The van der Waals surface area contributed by atoms with Gasteiger partial charge in [-0.05, 0) is 38.0 Å². The van der Waals surface area contributed by atoms with Gasteiger partial charge in [0, 0.05) is 27.7 Å². The molecule has 0 spiro atoms. The van der Waals surface area contributed by atoms with Gasteiger partial charge in [0.2, 0.25) is 6.41 Å². The molecule has 1 unspecified atom stereocenters. The Bertz CT molecular complexity index is 473. The summed E-state index contributed by atoms with van der Waals surface area (Å²) < 4.78 is 4.99. The molecule has 1 atom stereocenters. The van der Waals surface area contributed by atoms with Crippen LogP contribution >= 0.6 is 0 Å². The number of nitrogens with zero attached hydrogens (tertiary/aromatic N) is 2. The lowest BCUT2D eigenvalue weighted by molar-refractivity contribution is -0.107. The van der Waals surface area contributed by atoms with Crippen molar-refractivity contribution in [3.8, 4) is 0 Å². The van der Waals surface area contributed by atoms with Crippen LogP contribution in [0.2, 0.25) is 0 Å². The van der Waals surface area contributed by atoms with E-state index in [0.29, 0.717) is 13.0 Å². The Kier molecular flexibility index (Phi) is 6.18. The van der Waals surface area contributed by atoms with E-state index in [0.717, 1.165) is 23.3 Å². The SMILES string of the molecule is COCC(C)(O)CCN(C=O)c1cc(C)ccc1N(C)C. The predicted molar refractivity (Wildman–Crippen MR) is 86.0 cm³/mol. The van der Waals surface area contributed by atoms with Crippen molar-refractivity contribution in [3.05, 3.63) is 23.8 Å². The Labute approximate surface area is 127 Å². The number of benzene rings is 1. The largest absolute Gasteiger partial charge is 0.388 e. The Morgan fingerprint density at radius 3 is 2.52 bits per heavy atom. The van der Waals surface area contributed by atoms with E-state index in [-0.39, 0.29) is 6.61 Å². The number of amides is 1. The highest BCUT2D eigenvalue weighted by Crippen LogP contribution is 2.29. The highest BCUT2D eigenvalue weighted by atomic mass is 16.5. The van der Waals surface area contributed by atoms with Crippen molar-refractivity contribution in [2.24, 2.45) is 0 Å². The van der Waals surface area contributed by atoms with Gasteiger partial charge in [0.15, 0.2) is 0 Å². The van der Waals surface area contributed by atoms with E-state index in [4.69, 9.17) is 4.74 Å². The predicted octanol–water partition coefficient (Wildman–Crippen LogP) is 1.81. The molecule has 1 aromatic carbocycles. The Morgan fingerprint density at radius 1 is 1.33 bits per heavy atom. The number of hydrogen-bond acceptors (Lipinski definition) is 4. The monoisotopic (exact) mass is 294 g/mol. The van der Waals surface area contributed by atoms with Crippen LogP contribution in [0.15, 0.2) is 18.2 Å². The van der Waals surface area contributed by atoms with Crippen molar-refractivity contribution in [1.29, 1.82) is 0 Å². The van der Waals surface area contributed by atoms with Crippen LogP contribution in [0.1, 0.15) is 18.9 Å². The molecule has 1 aromatic rings. The van der Waals surface area contributed by atoms with Gasteiger partial charge in [0.05, 0.1) is 23.6 Å². The maximum atomic E-state index is 11.5. The first-order chi connectivity index (χ1) is 9.80. The molecule has 0 bridgehead atoms. The number of carbonyl (C=O) groups is 1. The van der Waals surface area contributed by atoms with Crippen molar-refractivity contribution in [3.63, 3.8) is 0 Å². The number of methoxy groups -OCH3 is 1. The number of carbonyl (C=O) groups excluding carboxylic acids is 1. The third-order valence-electron chi connectivity index (χ3n) is 3.40. The molecule has 0 radical (unpaired) electrons. The van der Waals surface area contributed by atoms with E-state index in [9.17, 15) is 9.90 Å². The molecule has 1 N–H and O–H groups in total. The van der Waals surface area contributed by atoms with Crippen molar-refractivity contribution < 1.29 is 14.6 Å². The van der Waals surface area contributed by atoms with Crippen LogP contribution in [-0.4, -0.2) is 51.5 Å². The Hall–Kier alpha value is -1.59. The fourth-order valence-corrected chi connectivity index (χ4v) is 2.22. The maximum absolute atomic E-state index is 11.5. The second-order valence-electron chi connectivity index (χ2n) is 5.87. The summed E-state index contributed by atoms with van der Waals surface area (Å²) in [6.45, 7) is 4.38. The van der Waals surface area contributed by atoms with E-state index in [1.807, 2.05) is 44.1 Å². The quantitative estimate of drug-likeness (QED) is 0.743. The molecule has 0 saturated carbocycles. The van der Waals surface area contributed by atoms with E-state index < -0.39 is 5.60 Å². The van der Waals surface area contributed by atoms with Crippen molar-refractivity contribution >= 4 is 17.8 Å². The summed E-state index contributed by atoms with van der Waals surface area (Å²) in [5, 5.41) is 10.2. The molecule has 0 heterocycles. The minimum atomic E-state index is -0.946. The first-order valence-electron chi connectivity index (χ1n) is 7.02. The third kappa shape index (κ3) is 5.02. The molecule has 21 heavy (non-hydrogen) atoms. The average Bonchev–Trinajstić information content (AvgIpc) is 2.39. The number of anilines is 2. The summed E-state index contributed by atoms with van der Waals surface area (Å²) in [4.78, 5) is 15.1. The van der Waals surface area contributed by atoms with Gasteiger partial charge in [0.25, 0.3) is 0 Å². The number of rotatable bonds is 8. The van der Waals surface area contributed by atoms with Crippen molar-refractivity contribution in [2.75, 3.05) is 44.2 Å². The molecule has 118 valence electrons. The van der Waals surface area contributed by atoms with E-state index in [1.54, 1.807) is 18.9 Å². The minimum absolute atomic E-state index is 0.244. The molecule has 0 aliphatic rings. The number of aliphatic hydroxyl groups is 1. The zero-order valence-electron chi connectivity index (χ0n) is 13.6. The zero-order chi connectivity index (χ0) is 16.0. The minimum Gasteiger partial charge on any atom is -0.388 e. The number of hydrogen-bond donors (Lipinski definition) is 1. The van der Waals surface area contributed by atoms with Crippen LogP contribution in [0.25, 0.3) is 0 Å². The Morgan fingerprint density at radius 2 is 2.00 bits per heavy atom. The summed E-state index contributed by atoms with van der Waals surface area (Å²) in [6.07, 6.45) is 1.26. The fourth-order valence-electron chi connectivity index (χ4n) is 2.22. The van der Waals surface area contributed by atoms with E-state index >= 15 is 0 Å². The topological polar surface area (TPSA) is 53.0 Å². The van der Waals surface area contributed by atoms with Crippen molar-refractivity contribution in [2.45, 2.75) is 25.9 Å². The van der Waals surface area contributed by atoms with Gasteiger partial charge < -0.3 is 19.6 Å². The molecule has 5 heteroatoms. The van der Waals surface area contributed by atoms with Crippen LogP contribution in [0.5, 0.6) is 0 Å². The first-order valence-corrected chi connectivity index (χ1v) is 7.02. The van der Waals surface area contributed by atoms with Gasteiger partial charge >= 0.3 is 0 Å². The molecule has 0 saturated heterocycles. The molecule has 0 aromatic heterocycles. The molecule has 0 aliphatic heterocycles. The third-order valence-corrected chi connectivity index (χ3v) is 3.40. The highest BCUT2D eigenvalue weighted by molar-refractivity contribution is 5.84. The summed E-state index contributed by atoms with van der Waals surface area (Å²) >= 11 is 0. The smallest absolute Gasteiger partial charge is 0.214 e. The number of aryl methyl sites for hydroxylation is 1. The molecule has 1 amide bonds. The first kappa shape index (κ1) is 17.5. The van der Waals surface area contributed by atoms with Gasteiger partial charge in [0.1, 0.15) is 0 Å². The molecular formula is C16H26N2O3. The van der Waals surface area contributed by atoms with E-state index in [2.05, 4.69) is 0 Å². The van der Waals surface area contributed by atoms with Crippen molar-refractivity contribution in [1.82, 2.24) is 0 Å². The Balaban J connectivity index is 2.95. The lowest BCUT2D eigenvalue weighted by Gasteiger charge is -2.28. The van der Waals surface area contributed by atoms with Crippen LogP contribution in [-0.2, 0) is 9.53 Å². The van der Waals surface area contributed by atoms with Crippen LogP contribution < -0.4 is 9.80 Å². The summed E-state index contributed by atoms with van der Waals surface area (Å²) in [5.41, 5.74) is 1.96. The summed E-state index contributed by atoms with van der Waals surface area (Å²) in [6, 6.07) is 5.99. The highest BCUT2D eigenvalue weighted by Gasteiger charge is 2.22. The van der Waals surface area contributed by atoms with E-state index in [1.165, 1.54) is 0 Å². The van der Waals surface area contributed by atoms with Gasteiger partial charge in [-0.15, -0.1) is 0 Å². The van der Waals surface area contributed by atoms with Gasteiger partial charge in [-0.2, -0.15) is 0 Å². The van der Waals surface area contributed by atoms with Gasteiger partial charge in [-0.3, -0.25) is 4.79 Å². The molecule has 0 fully saturated rings. The van der Waals surface area contributed by atoms with Gasteiger partial charge in [-0.25, -0.2) is 0 Å². The normalized spacial score (nSPS) is 13.6. The van der Waals surface area contributed by atoms with Crippen LogP contribution in [0.3, 0.4) is 0 Å². The van der Waals surface area contributed by atoms with Crippen LogP contribution in [0, 0.1) is 6.92 Å². The lowest BCUT2D eigenvalue weighted by atomic mass is 10.0. The molecule has 0 aliphatic carbocycles. The lowest BCUT2D eigenvalue weighted by Crippen LogP contribution is -2.36. The summed E-state index contributed by atoms with van der Waals surface area (Å²) in [7, 11) is 5.44. The second kappa shape index (κ2) is 7.43. The maximum Gasteiger partial charge on any atom is 0.214 e. The zero-order valence-corrected chi connectivity index (χ0v) is 13.6. The molecular weight excluding hydrogens is 268 g/mol. The standard InChI is InChI=1S/C16H26N2O3/c1-13-6-7-14(17(3)4)15(10-13)18(12-19)9-8-16(2,20)11-21-5/h6-7,10,12,20H,8-9,11H2,1-5H3. The van der Waals surface area contributed by atoms with Gasteiger partial charge in [-0.1, -0.05) is 6.07 Å². The molecule has 1 rings (SSSR count). The fraction of sp³-hybridized carbons (Fsp3) is 0.562.